The van der Waals surface area contributed by atoms with Gasteiger partial charge < -0.3 is 5.73 Å². The summed E-state index contributed by atoms with van der Waals surface area (Å²) in [6.07, 6.45) is -1.78. The molecule has 2 aromatic heterocycles. The van der Waals surface area contributed by atoms with E-state index in [1.165, 1.54) is 6.07 Å². The quantitative estimate of drug-likeness (QED) is 0.841. The Morgan fingerprint density at radius 3 is 2.24 bits per heavy atom. The van der Waals surface area contributed by atoms with Gasteiger partial charge in [0, 0.05) is 24.5 Å². The van der Waals surface area contributed by atoms with E-state index in [1.807, 2.05) is 0 Å². The molecule has 0 atom stereocenters. The Morgan fingerprint density at radius 2 is 1.76 bits per heavy atom. The standard InChI is InChI=1S/C12H10F3N3.CH2Cl2/c13-12(14,15)11-5-9(3-4-17-11)10-2-1-8(6-16)7-18-10;2-1-3/h1-5,7H,6,16H2;1H2. The van der Waals surface area contributed by atoms with Crippen molar-refractivity contribution < 1.29 is 13.2 Å². The zero-order chi connectivity index (χ0) is 15.9. The molecule has 0 radical (unpaired) electrons. The van der Waals surface area contributed by atoms with E-state index in [1.54, 1.807) is 18.3 Å². The van der Waals surface area contributed by atoms with Crippen LogP contribution in [0.5, 0.6) is 0 Å². The van der Waals surface area contributed by atoms with Crippen molar-refractivity contribution in [1.82, 2.24) is 9.97 Å². The van der Waals surface area contributed by atoms with Gasteiger partial charge in [0.2, 0.25) is 0 Å². The van der Waals surface area contributed by atoms with Gasteiger partial charge in [0.05, 0.1) is 11.0 Å². The molecule has 2 rings (SSSR count). The minimum atomic E-state index is -4.45. The van der Waals surface area contributed by atoms with Gasteiger partial charge in [-0.05, 0) is 23.8 Å². The molecular weight excluding hydrogens is 326 g/mol. The molecule has 0 unspecified atom stereocenters. The van der Waals surface area contributed by atoms with Crippen molar-refractivity contribution in [3.8, 4) is 11.3 Å². The maximum Gasteiger partial charge on any atom is 0.433 e. The third-order valence-corrected chi connectivity index (χ3v) is 2.41. The largest absolute Gasteiger partial charge is 0.433 e. The van der Waals surface area contributed by atoms with Crippen LogP contribution in [-0.4, -0.2) is 15.3 Å². The van der Waals surface area contributed by atoms with E-state index >= 15 is 0 Å². The summed E-state index contributed by atoms with van der Waals surface area (Å²) in [4.78, 5) is 7.36. The third-order valence-electron chi connectivity index (χ3n) is 2.41. The lowest BCUT2D eigenvalue weighted by molar-refractivity contribution is -0.141. The summed E-state index contributed by atoms with van der Waals surface area (Å²) >= 11 is 9.53. The fourth-order valence-corrected chi connectivity index (χ4v) is 1.46. The van der Waals surface area contributed by atoms with E-state index in [4.69, 9.17) is 28.9 Å². The molecule has 21 heavy (non-hydrogen) atoms. The number of hydrogen-bond donors (Lipinski definition) is 1. The third kappa shape index (κ3) is 5.49. The highest BCUT2D eigenvalue weighted by atomic mass is 35.5. The van der Waals surface area contributed by atoms with E-state index in [2.05, 4.69) is 9.97 Å². The molecule has 2 N–H and O–H groups in total. The highest BCUT2D eigenvalue weighted by molar-refractivity contribution is 6.40. The summed E-state index contributed by atoms with van der Waals surface area (Å²) in [6.45, 7) is 0.345. The topological polar surface area (TPSA) is 51.8 Å². The van der Waals surface area contributed by atoms with Crippen LogP contribution in [0.2, 0.25) is 0 Å². The number of nitrogens with two attached hydrogens (primary N) is 1. The zero-order valence-electron chi connectivity index (χ0n) is 10.7. The fourth-order valence-electron chi connectivity index (χ4n) is 1.46. The second kappa shape index (κ2) is 8.17. The summed E-state index contributed by atoms with van der Waals surface area (Å²) in [6, 6.07) is 5.83. The van der Waals surface area contributed by atoms with Crippen LogP contribution in [0.4, 0.5) is 13.2 Å². The lowest BCUT2D eigenvalue weighted by Crippen LogP contribution is -2.07. The number of nitrogens with zero attached hydrogens (tertiary/aromatic N) is 2. The minimum absolute atomic E-state index is 0.194. The van der Waals surface area contributed by atoms with Crippen LogP contribution >= 0.6 is 23.2 Å². The Bertz CT molecular complexity index is 559. The van der Waals surface area contributed by atoms with Gasteiger partial charge in [0.25, 0.3) is 0 Å². The first kappa shape index (κ1) is 17.7. The average Bonchev–Trinajstić information content (AvgIpc) is 2.47. The normalized spacial score (nSPS) is 10.8. The number of alkyl halides is 5. The minimum Gasteiger partial charge on any atom is -0.326 e. The summed E-state index contributed by atoms with van der Waals surface area (Å²) in [5.74, 6) is 0. The van der Waals surface area contributed by atoms with Crippen molar-refractivity contribution in [1.29, 1.82) is 0 Å². The number of aromatic nitrogens is 2. The summed E-state index contributed by atoms with van der Waals surface area (Å²) in [5, 5.41) is 0.194. The molecule has 114 valence electrons. The van der Waals surface area contributed by atoms with Crippen molar-refractivity contribution in [2.75, 3.05) is 5.34 Å². The van der Waals surface area contributed by atoms with Crippen molar-refractivity contribution in [3.05, 3.63) is 47.9 Å². The van der Waals surface area contributed by atoms with Crippen molar-refractivity contribution in [3.63, 3.8) is 0 Å². The molecule has 3 nitrogen and oxygen atoms in total. The molecule has 0 aliphatic rings. The SMILES string of the molecule is ClCCl.NCc1ccc(-c2ccnc(C(F)(F)F)c2)nc1. The molecule has 8 heteroatoms. The van der Waals surface area contributed by atoms with Gasteiger partial charge in [-0.25, -0.2) is 0 Å². The Hall–Kier alpha value is -1.37. The first-order valence-corrected chi connectivity index (χ1v) is 6.79. The number of rotatable bonds is 2. The predicted molar refractivity (Wildman–Crippen MR) is 76.9 cm³/mol. The molecule has 0 bridgehead atoms. The summed E-state index contributed by atoms with van der Waals surface area (Å²) < 4.78 is 37.5. The molecule has 2 aromatic rings. The smallest absolute Gasteiger partial charge is 0.326 e. The molecule has 0 spiro atoms. The molecule has 0 fully saturated rings. The van der Waals surface area contributed by atoms with E-state index < -0.39 is 11.9 Å². The lowest BCUT2D eigenvalue weighted by atomic mass is 10.1. The van der Waals surface area contributed by atoms with Gasteiger partial charge in [-0.3, -0.25) is 9.97 Å². The fraction of sp³-hybridized carbons (Fsp3) is 0.231. The molecule has 0 saturated heterocycles. The highest BCUT2D eigenvalue weighted by Crippen LogP contribution is 2.29. The van der Waals surface area contributed by atoms with Crippen LogP contribution in [0.1, 0.15) is 11.3 Å². The summed E-state index contributed by atoms with van der Waals surface area (Å²) in [5.41, 5.74) is 6.15. The number of hydrogen-bond acceptors (Lipinski definition) is 3. The highest BCUT2D eigenvalue weighted by Gasteiger charge is 2.32. The number of halogens is 5. The van der Waals surface area contributed by atoms with Crippen LogP contribution in [0.15, 0.2) is 36.7 Å². The molecule has 0 saturated carbocycles. The van der Waals surface area contributed by atoms with Crippen LogP contribution in [-0.2, 0) is 12.7 Å². The molecular formula is C13H12Cl2F3N3. The van der Waals surface area contributed by atoms with E-state index in [9.17, 15) is 13.2 Å². The molecule has 2 heterocycles. The van der Waals surface area contributed by atoms with Crippen molar-refractivity contribution >= 4 is 23.2 Å². The first-order chi connectivity index (χ1) is 9.92. The van der Waals surface area contributed by atoms with Gasteiger partial charge in [-0.2, -0.15) is 13.2 Å². The molecule has 0 aromatic carbocycles. The van der Waals surface area contributed by atoms with Crippen molar-refractivity contribution in [2.24, 2.45) is 5.73 Å². The van der Waals surface area contributed by atoms with Crippen molar-refractivity contribution in [2.45, 2.75) is 12.7 Å². The van der Waals surface area contributed by atoms with Gasteiger partial charge in [-0.15, -0.1) is 23.2 Å². The van der Waals surface area contributed by atoms with Crippen LogP contribution in [0.3, 0.4) is 0 Å². The molecule has 0 amide bonds. The van der Waals surface area contributed by atoms with Gasteiger partial charge >= 0.3 is 6.18 Å². The van der Waals surface area contributed by atoms with Crippen LogP contribution in [0.25, 0.3) is 11.3 Å². The Balaban J connectivity index is 0.000000677. The monoisotopic (exact) mass is 337 g/mol. The lowest BCUT2D eigenvalue weighted by Gasteiger charge is -2.07. The van der Waals surface area contributed by atoms with Gasteiger partial charge in [0.15, 0.2) is 0 Å². The second-order valence-corrected chi connectivity index (χ2v) is 4.59. The van der Waals surface area contributed by atoms with E-state index in [0.29, 0.717) is 17.8 Å². The van der Waals surface area contributed by atoms with Gasteiger partial charge in [-0.1, -0.05) is 6.07 Å². The zero-order valence-corrected chi connectivity index (χ0v) is 12.3. The number of pyridine rings is 2. The Labute approximate surface area is 129 Å². The molecule has 0 aliphatic carbocycles. The Kier molecular flexibility index (Phi) is 6.87. The van der Waals surface area contributed by atoms with Crippen LogP contribution in [0, 0.1) is 0 Å². The van der Waals surface area contributed by atoms with E-state index in [0.717, 1.165) is 17.8 Å². The second-order valence-electron chi connectivity index (χ2n) is 3.78. The summed E-state index contributed by atoms with van der Waals surface area (Å²) in [7, 11) is 0. The Morgan fingerprint density at radius 1 is 1.10 bits per heavy atom. The first-order valence-electron chi connectivity index (χ1n) is 5.73. The van der Waals surface area contributed by atoms with Crippen LogP contribution < -0.4 is 5.73 Å². The maximum atomic E-state index is 12.5. The predicted octanol–water partition coefficient (Wildman–Crippen LogP) is 4.04. The van der Waals surface area contributed by atoms with E-state index in [-0.39, 0.29) is 5.34 Å². The maximum absolute atomic E-state index is 12.5. The average molecular weight is 338 g/mol. The van der Waals surface area contributed by atoms with Gasteiger partial charge in [0.1, 0.15) is 5.69 Å². The molecule has 0 aliphatic heterocycles.